The summed E-state index contributed by atoms with van der Waals surface area (Å²) in [5.41, 5.74) is 0. The minimum absolute atomic E-state index is 0.0773. The average Bonchev–Trinajstić information content (AvgIpc) is 2.18. The Labute approximate surface area is 96.6 Å². The highest BCUT2D eigenvalue weighted by molar-refractivity contribution is 5.71. The smallest absolute Gasteiger partial charge is 0.309 e. The molecule has 16 heavy (non-hydrogen) atoms. The maximum Gasteiger partial charge on any atom is 0.309 e. The Morgan fingerprint density at radius 1 is 1.12 bits per heavy atom. The van der Waals surface area contributed by atoms with E-state index < -0.39 is 0 Å². The van der Waals surface area contributed by atoms with Crippen molar-refractivity contribution >= 4 is 11.9 Å². The fourth-order valence-electron chi connectivity index (χ4n) is 1.17. The van der Waals surface area contributed by atoms with Gasteiger partial charge in [-0.05, 0) is 19.8 Å². The molecule has 0 aliphatic rings. The predicted octanol–water partition coefficient (Wildman–Crippen LogP) is 2.09. The first-order valence-electron chi connectivity index (χ1n) is 5.58. The Morgan fingerprint density at radius 2 is 1.69 bits per heavy atom. The van der Waals surface area contributed by atoms with Gasteiger partial charge in [0.25, 0.3) is 0 Å². The van der Waals surface area contributed by atoms with Crippen LogP contribution >= 0.6 is 0 Å². The van der Waals surface area contributed by atoms with Crippen LogP contribution in [-0.2, 0) is 19.1 Å². The summed E-state index contributed by atoms with van der Waals surface area (Å²) < 4.78 is 9.58. The van der Waals surface area contributed by atoms with Crippen LogP contribution in [0.4, 0.5) is 0 Å². The van der Waals surface area contributed by atoms with Gasteiger partial charge in [-0.2, -0.15) is 0 Å². The standard InChI is InChI=1S/C12H20O4/c1-4-15-11(13)8-6-7-10(3)9-12(14)16-5-2/h6-7,10H,4-5,8-9H2,1-3H3/b7-6+/t10-/m1/s1. The summed E-state index contributed by atoms with van der Waals surface area (Å²) in [5.74, 6) is -0.383. The van der Waals surface area contributed by atoms with E-state index in [9.17, 15) is 9.59 Å². The molecule has 0 amide bonds. The van der Waals surface area contributed by atoms with Gasteiger partial charge < -0.3 is 9.47 Å². The van der Waals surface area contributed by atoms with Crippen molar-refractivity contribution in [1.29, 1.82) is 0 Å². The topological polar surface area (TPSA) is 52.6 Å². The van der Waals surface area contributed by atoms with Gasteiger partial charge in [-0.3, -0.25) is 9.59 Å². The first-order valence-corrected chi connectivity index (χ1v) is 5.58. The van der Waals surface area contributed by atoms with E-state index >= 15 is 0 Å². The van der Waals surface area contributed by atoms with E-state index in [-0.39, 0.29) is 24.3 Å². The van der Waals surface area contributed by atoms with Crippen LogP contribution in [0.2, 0.25) is 0 Å². The highest BCUT2D eigenvalue weighted by Gasteiger charge is 2.06. The lowest BCUT2D eigenvalue weighted by Gasteiger charge is -2.05. The lowest BCUT2D eigenvalue weighted by molar-refractivity contribution is -0.144. The Morgan fingerprint density at radius 3 is 2.25 bits per heavy atom. The maximum absolute atomic E-state index is 11.1. The molecule has 1 atom stereocenters. The van der Waals surface area contributed by atoms with Crippen LogP contribution < -0.4 is 0 Å². The number of esters is 2. The highest BCUT2D eigenvalue weighted by atomic mass is 16.5. The van der Waals surface area contributed by atoms with Crippen LogP contribution in [-0.4, -0.2) is 25.2 Å². The molecule has 0 spiro atoms. The van der Waals surface area contributed by atoms with Crippen LogP contribution in [0.5, 0.6) is 0 Å². The summed E-state index contributed by atoms with van der Waals surface area (Å²) in [6.45, 7) is 6.24. The molecule has 0 unspecified atom stereocenters. The van der Waals surface area contributed by atoms with Crippen molar-refractivity contribution in [1.82, 2.24) is 0 Å². The van der Waals surface area contributed by atoms with E-state index in [2.05, 4.69) is 0 Å². The zero-order valence-electron chi connectivity index (χ0n) is 10.2. The summed E-state index contributed by atoms with van der Waals surface area (Å²) in [5, 5.41) is 0. The fraction of sp³-hybridized carbons (Fsp3) is 0.667. The second kappa shape index (κ2) is 8.95. The molecule has 0 bridgehead atoms. The molecule has 0 heterocycles. The lowest BCUT2D eigenvalue weighted by Crippen LogP contribution is -2.08. The quantitative estimate of drug-likeness (QED) is 0.494. The van der Waals surface area contributed by atoms with Crippen LogP contribution in [0.15, 0.2) is 12.2 Å². The SMILES string of the molecule is CCOC(=O)C/C=C/[C@@H](C)CC(=O)OCC. The molecule has 0 aromatic rings. The second-order valence-electron chi connectivity index (χ2n) is 3.42. The molecule has 4 heteroatoms. The number of rotatable bonds is 7. The van der Waals surface area contributed by atoms with E-state index in [0.717, 1.165) is 0 Å². The summed E-state index contributed by atoms with van der Waals surface area (Å²) in [7, 11) is 0. The Kier molecular flexibility index (Phi) is 8.21. The lowest BCUT2D eigenvalue weighted by atomic mass is 10.1. The summed E-state index contributed by atoms with van der Waals surface area (Å²) >= 11 is 0. The van der Waals surface area contributed by atoms with Gasteiger partial charge in [0, 0.05) is 0 Å². The molecule has 0 aromatic carbocycles. The Bertz CT molecular complexity index is 245. The van der Waals surface area contributed by atoms with Gasteiger partial charge in [-0.15, -0.1) is 0 Å². The molecule has 0 N–H and O–H groups in total. The van der Waals surface area contributed by atoms with Gasteiger partial charge >= 0.3 is 11.9 Å². The number of hydrogen-bond donors (Lipinski definition) is 0. The third kappa shape index (κ3) is 8.03. The van der Waals surface area contributed by atoms with Crippen molar-refractivity contribution in [3.05, 3.63) is 12.2 Å². The first-order chi connectivity index (χ1) is 7.60. The van der Waals surface area contributed by atoms with Crippen LogP contribution in [0.3, 0.4) is 0 Å². The second-order valence-corrected chi connectivity index (χ2v) is 3.42. The molecule has 0 rings (SSSR count). The molecule has 0 aliphatic carbocycles. The summed E-state index contributed by atoms with van der Waals surface area (Å²) in [4.78, 5) is 22.1. The van der Waals surface area contributed by atoms with Gasteiger partial charge in [0.05, 0.1) is 26.1 Å². The molecular formula is C12H20O4. The Balaban J connectivity index is 3.77. The number of carbonyl (C=O) groups is 2. The van der Waals surface area contributed by atoms with Crippen LogP contribution in [0, 0.1) is 5.92 Å². The van der Waals surface area contributed by atoms with E-state index in [1.165, 1.54) is 0 Å². The normalized spacial score (nSPS) is 12.4. The predicted molar refractivity (Wildman–Crippen MR) is 60.8 cm³/mol. The van der Waals surface area contributed by atoms with E-state index in [4.69, 9.17) is 9.47 Å². The van der Waals surface area contributed by atoms with Crippen molar-refractivity contribution in [3.8, 4) is 0 Å². The first kappa shape index (κ1) is 14.7. The fourth-order valence-corrected chi connectivity index (χ4v) is 1.17. The third-order valence-corrected chi connectivity index (χ3v) is 1.85. The zero-order chi connectivity index (χ0) is 12.4. The summed E-state index contributed by atoms with van der Waals surface area (Å²) in [6.07, 6.45) is 4.14. The summed E-state index contributed by atoms with van der Waals surface area (Å²) in [6, 6.07) is 0. The molecule has 0 aliphatic heterocycles. The third-order valence-electron chi connectivity index (χ3n) is 1.85. The number of hydrogen-bond acceptors (Lipinski definition) is 4. The molecule has 92 valence electrons. The average molecular weight is 228 g/mol. The van der Waals surface area contributed by atoms with E-state index in [1.54, 1.807) is 19.9 Å². The van der Waals surface area contributed by atoms with Gasteiger partial charge in [0.15, 0.2) is 0 Å². The minimum Gasteiger partial charge on any atom is -0.466 e. The number of ether oxygens (including phenoxy) is 2. The van der Waals surface area contributed by atoms with E-state index in [1.807, 2.05) is 13.0 Å². The molecule has 0 radical (unpaired) electrons. The van der Waals surface area contributed by atoms with Crippen molar-refractivity contribution in [3.63, 3.8) is 0 Å². The van der Waals surface area contributed by atoms with Crippen LogP contribution in [0.1, 0.15) is 33.6 Å². The van der Waals surface area contributed by atoms with Gasteiger partial charge in [0.2, 0.25) is 0 Å². The Hall–Kier alpha value is -1.32. The highest BCUT2D eigenvalue weighted by Crippen LogP contribution is 2.06. The van der Waals surface area contributed by atoms with Crippen molar-refractivity contribution in [2.75, 3.05) is 13.2 Å². The monoisotopic (exact) mass is 228 g/mol. The van der Waals surface area contributed by atoms with Crippen molar-refractivity contribution in [2.45, 2.75) is 33.6 Å². The minimum atomic E-state index is -0.248. The largest absolute Gasteiger partial charge is 0.466 e. The van der Waals surface area contributed by atoms with E-state index in [0.29, 0.717) is 19.6 Å². The van der Waals surface area contributed by atoms with Crippen molar-refractivity contribution in [2.24, 2.45) is 5.92 Å². The van der Waals surface area contributed by atoms with Crippen LogP contribution in [0.25, 0.3) is 0 Å². The van der Waals surface area contributed by atoms with Gasteiger partial charge in [-0.1, -0.05) is 19.1 Å². The molecular weight excluding hydrogens is 208 g/mol. The molecule has 0 fully saturated rings. The molecule has 0 aromatic heterocycles. The number of allylic oxidation sites excluding steroid dienone is 1. The maximum atomic E-state index is 11.1. The van der Waals surface area contributed by atoms with Gasteiger partial charge in [0.1, 0.15) is 0 Å². The van der Waals surface area contributed by atoms with Crippen molar-refractivity contribution < 1.29 is 19.1 Å². The number of carbonyl (C=O) groups excluding carboxylic acids is 2. The molecule has 0 saturated heterocycles. The zero-order valence-corrected chi connectivity index (χ0v) is 10.2. The molecule has 0 saturated carbocycles. The molecule has 4 nitrogen and oxygen atoms in total. The van der Waals surface area contributed by atoms with Gasteiger partial charge in [-0.25, -0.2) is 0 Å².